The van der Waals surface area contributed by atoms with E-state index in [2.05, 4.69) is 0 Å². The fourth-order valence-electron chi connectivity index (χ4n) is 2.00. The minimum absolute atomic E-state index is 0.0742. The number of aromatic carboxylic acids is 1. The third-order valence-corrected chi connectivity index (χ3v) is 4.89. The average molecular weight is 304 g/mol. The lowest BCUT2D eigenvalue weighted by atomic mass is 10.2. The van der Waals surface area contributed by atoms with Gasteiger partial charge in [0.25, 0.3) is 10.0 Å². The summed E-state index contributed by atoms with van der Waals surface area (Å²) in [5.41, 5.74) is 0.360. The zero-order valence-corrected chi connectivity index (χ0v) is 12.2. The van der Waals surface area contributed by atoms with Gasteiger partial charge in [-0.2, -0.15) is 0 Å². The molecule has 0 aliphatic heterocycles. The standard InChI is InChI=1S/C15H15NO4S/c1-2-16(13-8-4-3-5-9-13)21(19,20)14-10-6-7-12(11-14)15(17)18/h3-11H,2H2,1H3,(H,17,18)/p-1. The van der Waals surface area contributed by atoms with Crippen LogP contribution in [0.25, 0.3) is 0 Å². The van der Waals surface area contributed by atoms with Crippen LogP contribution in [-0.2, 0) is 10.0 Å². The second-order valence-corrected chi connectivity index (χ2v) is 6.18. The maximum atomic E-state index is 12.7. The van der Waals surface area contributed by atoms with Crippen molar-refractivity contribution in [3.63, 3.8) is 0 Å². The van der Waals surface area contributed by atoms with Crippen molar-refractivity contribution in [2.24, 2.45) is 0 Å². The number of benzene rings is 2. The summed E-state index contributed by atoms with van der Waals surface area (Å²) in [4.78, 5) is 10.8. The highest BCUT2D eigenvalue weighted by Gasteiger charge is 2.23. The summed E-state index contributed by atoms with van der Waals surface area (Å²) in [7, 11) is -3.82. The number of carboxylic acids is 1. The SMILES string of the molecule is CCN(c1ccccc1)S(=O)(=O)c1cccc(C(=O)[O-])c1. The molecular formula is C15H14NO4S-. The van der Waals surface area contributed by atoms with Crippen LogP contribution >= 0.6 is 0 Å². The molecule has 0 saturated heterocycles. The number of para-hydroxylation sites is 1. The van der Waals surface area contributed by atoms with Gasteiger partial charge >= 0.3 is 0 Å². The van der Waals surface area contributed by atoms with E-state index in [9.17, 15) is 18.3 Å². The molecule has 0 saturated carbocycles. The van der Waals surface area contributed by atoms with Gasteiger partial charge in [-0.25, -0.2) is 8.42 Å². The number of nitrogens with zero attached hydrogens (tertiary/aromatic N) is 1. The van der Waals surface area contributed by atoms with E-state index in [1.165, 1.54) is 22.5 Å². The molecule has 0 aliphatic carbocycles. The fourth-order valence-corrected chi connectivity index (χ4v) is 3.52. The second kappa shape index (κ2) is 5.97. The molecule has 0 aliphatic rings. The van der Waals surface area contributed by atoms with Gasteiger partial charge in [0.1, 0.15) is 0 Å². The molecule has 0 unspecified atom stereocenters. The van der Waals surface area contributed by atoms with E-state index < -0.39 is 16.0 Å². The van der Waals surface area contributed by atoms with Crippen molar-refractivity contribution < 1.29 is 18.3 Å². The van der Waals surface area contributed by atoms with E-state index in [0.29, 0.717) is 5.69 Å². The van der Waals surface area contributed by atoms with E-state index in [-0.39, 0.29) is 17.0 Å². The summed E-state index contributed by atoms with van der Waals surface area (Å²) in [6.45, 7) is 1.95. The molecule has 0 heterocycles. The molecule has 0 bridgehead atoms. The molecule has 0 spiro atoms. The molecule has 0 atom stereocenters. The Kier molecular flexibility index (Phi) is 4.28. The number of carbonyl (C=O) groups is 1. The Labute approximate surface area is 123 Å². The van der Waals surface area contributed by atoms with Crippen molar-refractivity contribution in [2.45, 2.75) is 11.8 Å². The summed E-state index contributed by atoms with van der Waals surface area (Å²) < 4.78 is 26.5. The van der Waals surface area contributed by atoms with E-state index in [0.717, 1.165) is 6.07 Å². The van der Waals surface area contributed by atoms with Crippen LogP contribution in [0.2, 0.25) is 0 Å². The van der Waals surface area contributed by atoms with Crippen molar-refractivity contribution in [2.75, 3.05) is 10.8 Å². The Morgan fingerprint density at radius 3 is 2.33 bits per heavy atom. The van der Waals surface area contributed by atoms with Gasteiger partial charge in [-0.05, 0) is 36.8 Å². The first-order chi connectivity index (χ1) is 9.96. The first-order valence-electron chi connectivity index (χ1n) is 6.36. The molecule has 0 N–H and O–H groups in total. The second-order valence-electron chi connectivity index (χ2n) is 4.32. The van der Waals surface area contributed by atoms with Crippen LogP contribution in [0.15, 0.2) is 59.5 Å². The normalized spacial score (nSPS) is 11.1. The van der Waals surface area contributed by atoms with Crippen LogP contribution in [-0.4, -0.2) is 20.9 Å². The van der Waals surface area contributed by atoms with Gasteiger partial charge in [0.05, 0.1) is 16.6 Å². The molecule has 2 aromatic rings. The summed E-state index contributed by atoms with van der Waals surface area (Å²) in [5.74, 6) is -1.41. The predicted molar refractivity (Wildman–Crippen MR) is 77.4 cm³/mol. The largest absolute Gasteiger partial charge is 0.545 e. The molecule has 21 heavy (non-hydrogen) atoms. The van der Waals surface area contributed by atoms with Gasteiger partial charge in [-0.15, -0.1) is 0 Å². The minimum Gasteiger partial charge on any atom is -0.545 e. The van der Waals surface area contributed by atoms with Crippen LogP contribution in [0.4, 0.5) is 5.69 Å². The Morgan fingerprint density at radius 2 is 1.76 bits per heavy atom. The molecular weight excluding hydrogens is 290 g/mol. The fraction of sp³-hybridized carbons (Fsp3) is 0.133. The first kappa shape index (κ1) is 15.1. The molecule has 2 rings (SSSR count). The minimum atomic E-state index is -3.82. The third-order valence-electron chi connectivity index (χ3n) is 2.99. The van der Waals surface area contributed by atoms with E-state index in [4.69, 9.17) is 0 Å². The molecule has 0 amide bonds. The van der Waals surface area contributed by atoms with Crippen molar-refractivity contribution in [1.82, 2.24) is 0 Å². The third kappa shape index (κ3) is 3.05. The Hall–Kier alpha value is -2.34. The highest BCUT2D eigenvalue weighted by atomic mass is 32.2. The van der Waals surface area contributed by atoms with E-state index in [1.807, 2.05) is 0 Å². The Bertz CT molecular complexity index is 741. The zero-order valence-electron chi connectivity index (χ0n) is 11.4. The van der Waals surface area contributed by atoms with E-state index in [1.54, 1.807) is 37.3 Å². The van der Waals surface area contributed by atoms with Crippen LogP contribution in [0.1, 0.15) is 17.3 Å². The summed E-state index contributed by atoms with van der Waals surface area (Å²) >= 11 is 0. The summed E-state index contributed by atoms with van der Waals surface area (Å²) in [6, 6.07) is 13.8. The van der Waals surface area contributed by atoms with Gasteiger partial charge in [0.2, 0.25) is 0 Å². The summed E-state index contributed by atoms with van der Waals surface area (Å²) in [6.07, 6.45) is 0. The van der Waals surface area contributed by atoms with Crippen LogP contribution in [0.5, 0.6) is 0 Å². The van der Waals surface area contributed by atoms with Gasteiger partial charge in [0, 0.05) is 6.54 Å². The van der Waals surface area contributed by atoms with E-state index >= 15 is 0 Å². The van der Waals surface area contributed by atoms with Crippen LogP contribution in [0.3, 0.4) is 0 Å². The highest BCUT2D eigenvalue weighted by molar-refractivity contribution is 7.92. The number of sulfonamides is 1. The van der Waals surface area contributed by atoms with Crippen LogP contribution in [0, 0.1) is 0 Å². The summed E-state index contributed by atoms with van der Waals surface area (Å²) in [5, 5.41) is 10.9. The number of rotatable bonds is 5. The number of carboxylic acid groups (broad SMARTS) is 1. The molecule has 0 fully saturated rings. The first-order valence-corrected chi connectivity index (χ1v) is 7.80. The maximum Gasteiger partial charge on any atom is 0.264 e. The average Bonchev–Trinajstić information content (AvgIpc) is 2.49. The Morgan fingerprint density at radius 1 is 1.10 bits per heavy atom. The smallest absolute Gasteiger partial charge is 0.264 e. The van der Waals surface area contributed by atoms with Crippen molar-refractivity contribution in [3.8, 4) is 0 Å². The van der Waals surface area contributed by atoms with Crippen LogP contribution < -0.4 is 9.41 Å². The van der Waals surface area contributed by atoms with Crippen molar-refractivity contribution in [1.29, 1.82) is 0 Å². The van der Waals surface area contributed by atoms with Crippen molar-refractivity contribution >= 4 is 21.7 Å². The maximum absolute atomic E-state index is 12.7. The monoisotopic (exact) mass is 304 g/mol. The quantitative estimate of drug-likeness (QED) is 0.833. The molecule has 110 valence electrons. The van der Waals surface area contributed by atoms with Gasteiger partial charge < -0.3 is 9.90 Å². The topological polar surface area (TPSA) is 77.5 Å². The number of carbonyl (C=O) groups excluding carboxylic acids is 1. The number of hydrogen-bond acceptors (Lipinski definition) is 4. The van der Waals surface area contributed by atoms with Gasteiger partial charge in [0.15, 0.2) is 0 Å². The van der Waals surface area contributed by atoms with Crippen molar-refractivity contribution in [3.05, 3.63) is 60.2 Å². The number of hydrogen-bond donors (Lipinski definition) is 0. The van der Waals surface area contributed by atoms with Gasteiger partial charge in [-0.1, -0.05) is 30.3 Å². The predicted octanol–water partition coefficient (Wildman–Crippen LogP) is 1.27. The highest BCUT2D eigenvalue weighted by Crippen LogP contribution is 2.23. The molecule has 5 nitrogen and oxygen atoms in total. The Balaban J connectivity index is 2.50. The molecule has 6 heteroatoms. The molecule has 0 aromatic heterocycles. The lowest BCUT2D eigenvalue weighted by Gasteiger charge is -2.23. The zero-order chi connectivity index (χ0) is 15.5. The molecule has 2 aromatic carbocycles. The number of anilines is 1. The lowest BCUT2D eigenvalue weighted by molar-refractivity contribution is -0.255. The molecule has 0 radical (unpaired) electrons. The van der Waals surface area contributed by atoms with Gasteiger partial charge in [-0.3, -0.25) is 4.31 Å². The lowest BCUT2D eigenvalue weighted by Crippen LogP contribution is -2.31.